The summed E-state index contributed by atoms with van der Waals surface area (Å²) in [6.45, 7) is 13.2. The van der Waals surface area contributed by atoms with Gasteiger partial charge in [-0.3, -0.25) is 4.79 Å². The molecule has 1 aliphatic rings. The molecule has 1 atom stereocenters. The van der Waals surface area contributed by atoms with Crippen LogP contribution in [0.4, 0.5) is 0 Å². The van der Waals surface area contributed by atoms with E-state index >= 15 is 0 Å². The second kappa shape index (κ2) is 13.6. The van der Waals surface area contributed by atoms with Crippen molar-refractivity contribution < 1.29 is 9.90 Å². The Hall–Kier alpha value is -2.49. The first-order chi connectivity index (χ1) is 17.0. The quantitative estimate of drug-likeness (QED) is 0.270. The first-order valence-electron chi connectivity index (χ1n) is 13.5. The van der Waals surface area contributed by atoms with Crippen molar-refractivity contribution in [3.8, 4) is 0 Å². The maximum absolute atomic E-state index is 13.7. The Morgan fingerprint density at radius 2 is 1.66 bits per heavy atom. The second-order valence-corrected chi connectivity index (χ2v) is 9.85. The Morgan fingerprint density at radius 1 is 1.00 bits per heavy atom. The zero-order valence-electron chi connectivity index (χ0n) is 22.0. The predicted molar refractivity (Wildman–Crippen MR) is 149 cm³/mol. The fourth-order valence-electron chi connectivity index (χ4n) is 4.91. The summed E-state index contributed by atoms with van der Waals surface area (Å²) in [6.07, 6.45) is 9.91. The molecule has 3 rings (SSSR count). The molecule has 0 amide bonds. The summed E-state index contributed by atoms with van der Waals surface area (Å²) in [5.41, 5.74) is 7.02. The Morgan fingerprint density at radius 3 is 2.26 bits per heavy atom. The van der Waals surface area contributed by atoms with Gasteiger partial charge in [-0.05, 0) is 73.5 Å². The standard InChI is InChI=1S/C32H43NO2/c1-5-9-12-28-22-27-14-13-24(8-4)21-29(27)31(28)32(35)26-17-15-25(16-18-26)30(34)23-33(19-10-6-2)20-11-7-3/h8,13-18,21,30,34H,4-7,9-12,19-20,22-23H2,1-3H3. The Labute approximate surface area is 212 Å². The molecule has 2 aromatic rings. The molecule has 188 valence electrons. The molecule has 1 N–H and O–H groups in total. The van der Waals surface area contributed by atoms with Crippen LogP contribution >= 0.6 is 0 Å². The van der Waals surface area contributed by atoms with Crippen molar-refractivity contribution in [1.82, 2.24) is 4.90 Å². The van der Waals surface area contributed by atoms with E-state index in [2.05, 4.69) is 50.4 Å². The highest BCUT2D eigenvalue weighted by atomic mass is 16.3. The van der Waals surface area contributed by atoms with Gasteiger partial charge in [0.1, 0.15) is 0 Å². The third-order valence-corrected chi connectivity index (χ3v) is 7.10. The van der Waals surface area contributed by atoms with Crippen LogP contribution < -0.4 is 0 Å². The van der Waals surface area contributed by atoms with E-state index in [4.69, 9.17) is 0 Å². The SMILES string of the molecule is C=Cc1ccc2c(c1)C(C(=O)c1ccc(C(O)CN(CCCC)CCCC)cc1)=C(CCCC)C2. The number of nitrogens with zero attached hydrogens (tertiary/aromatic N) is 1. The van der Waals surface area contributed by atoms with Gasteiger partial charge in [0.2, 0.25) is 0 Å². The van der Waals surface area contributed by atoms with E-state index in [1.165, 1.54) is 11.1 Å². The monoisotopic (exact) mass is 473 g/mol. The summed E-state index contributed by atoms with van der Waals surface area (Å²) in [4.78, 5) is 16.1. The molecule has 0 saturated heterocycles. The molecule has 0 aliphatic heterocycles. The number of aliphatic hydroxyl groups excluding tert-OH is 1. The van der Waals surface area contributed by atoms with Gasteiger partial charge >= 0.3 is 0 Å². The summed E-state index contributed by atoms with van der Waals surface area (Å²) in [6, 6.07) is 14.0. The maximum atomic E-state index is 13.7. The third-order valence-electron chi connectivity index (χ3n) is 7.10. The van der Waals surface area contributed by atoms with Gasteiger partial charge in [-0.1, -0.05) is 94.7 Å². The Bertz CT molecular complexity index is 1010. The van der Waals surface area contributed by atoms with Crippen molar-refractivity contribution >= 4 is 17.4 Å². The fraction of sp³-hybridized carbons (Fsp3) is 0.469. The number of aliphatic hydroxyl groups is 1. The zero-order chi connectivity index (χ0) is 25.2. The zero-order valence-corrected chi connectivity index (χ0v) is 22.0. The van der Waals surface area contributed by atoms with Crippen LogP contribution in [0, 0.1) is 0 Å². The molecule has 1 aliphatic carbocycles. The summed E-state index contributed by atoms with van der Waals surface area (Å²) in [5, 5.41) is 10.9. The largest absolute Gasteiger partial charge is 0.387 e. The van der Waals surface area contributed by atoms with Crippen LogP contribution in [0.1, 0.15) is 104 Å². The smallest absolute Gasteiger partial charge is 0.193 e. The van der Waals surface area contributed by atoms with Gasteiger partial charge in [-0.15, -0.1) is 0 Å². The molecule has 2 aromatic carbocycles. The minimum absolute atomic E-state index is 0.0876. The van der Waals surface area contributed by atoms with E-state index in [1.807, 2.05) is 30.3 Å². The van der Waals surface area contributed by atoms with Crippen LogP contribution in [0.15, 0.2) is 54.6 Å². The minimum Gasteiger partial charge on any atom is -0.387 e. The number of allylic oxidation sites excluding steroid dienone is 2. The first-order valence-corrected chi connectivity index (χ1v) is 13.5. The molecule has 35 heavy (non-hydrogen) atoms. The highest BCUT2D eigenvalue weighted by Crippen LogP contribution is 2.38. The lowest BCUT2D eigenvalue weighted by Crippen LogP contribution is -2.30. The predicted octanol–water partition coefficient (Wildman–Crippen LogP) is 7.65. The van der Waals surface area contributed by atoms with Crippen molar-refractivity contribution in [1.29, 1.82) is 0 Å². The van der Waals surface area contributed by atoms with Crippen LogP contribution in [0.5, 0.6) is 0 Å². The summed E-state index contributed by atoms with van der Waals surface area (Å²) in [5.74, 6) is 0.0876. The molecule has 0 saturated carbocycles. The number of carbonyl (C=O) groups excluding carboxylic acids is 1. The number of hydrogen-bond donors (Lipinski definition) is 1. The molecule has 0 spiro atoms. The summed E-state index contributed by atoms with van der Waals surface area (Å²) in [7, 11) is 0. The number of carbonyl (C=O) groups is 1. The number of unbranched alkanes of at least 4 members (excludes halogenated alkanes) is 3. The third kappa shape index (κ3) is 7.02. The van der Waals surface area contributed by atoms with Gasteiger partial charge in [0.15, 0.2) is 5.78 Å². The maximum Gasteiger partial charge on any atom is 0.193 e. The Kier molecular flexibility index (Phi) is 10.5. The van der Waals surface area contributed by atoms with Gasteiger partial charge < -0.3 is 10.0 Å². The van der Waals surface area contributed by atoms with E-state index < -0.39 is 6.10 Å². The van der Waals surface area contributed by atoms with Crippen molar-refractivity contribution in [3.63, 3.8) is 0 Å². The van der Waals surface area contributed by atoms with Crippen LogP contribution in [-0.4, -0.2) is 35.4 Å². The molecular formula is C32H43NO2. The molecule has 0 bridgehead atoms. The van der Waals surface area contributed by atoms with Crippen LogP contribution in [0.25, 0.3) is 11.6 Å². The van der Waals surface area contributed by atoms with E-state index in [1.54, 1.807) is 0 Å². The lowest BCUT2D eigenvalue weighted by Gasteiger charge is -2.25. The van der Waals surface area contributed by atoms with E-state index in [9.17, 15) is 9.90 Å². The highest BCUT2D eigenvalue weighted by molar-refractivity contribution is 6.30. The van der Waals surface area contributed by atoms with Gasteiger partial charge in [0.05, 0.1) is 6.10 Å². The van der Waals surface area contributed by atoms with Gasteiger partial charge in [0, 0.05) is 17.7 Å². The van der Waals surface area contributed by atoms with E-state index in [0.717, 1.165) is 86.7 Å². The molecule has 0 aromatic heterocycles. The topological polar surface area (TPSA) is 40.5 Å². The van der Waals surface area contributed by atoms with Crippen LogP contribution in [0.3, 0.4) is 0 Å². The van der Waals surface area contributed by atoms with Crippen LogP contribution in [0.2, 0.25) is 0 Å². The molecule has 0 radical (unpaired) electrons. The second-order valence-electron chi connectivity index (χ2n) is 9.85. The van der Waals surface area contributed by atoms with E-state index in [-0.39, 0.29) is 5.78 Å². The van der Waals surface area contributed by atoms with E-state index in [0.29, 0.717) is 12.1 Å². The number of fused-ring (bicyclic) bond motifs is 1. The molecule has 3 heteroatoms. The van der Waals surface area contributed by atoms with Crippen molar-refractivity contribution in [2.75, 3.05) is 19.6 Å². The summed E-state index contributed by atoms with van der Waals surface area (Å²) < 4.78 is 0. The molecule has 0 fully saturated rings. The lowest BCUT2D eigenvalue weighted by molar-refractivity contribution is 0.105. The van der Waals surface area contributed by atoms with Gasteiger partial charge in [0.25, 0.3) is 0 Å². The van der Waals surface area contributed by atoms with Gasteiger partial charge in [-0.2, -0.15) is 0 Å². The number of Topliss-reactive ketones (excluding diaryl/α,β-unsaturated/α-hetero) is 1. The lowest BCUT2D eigenvalue weighted by atomic mass is 9.93. The van der Waals surface area contributed by atoms with Crippen molar-refractivity contribution in [2.45, 2.75) is 78.2 Å². The fourth-order valence-corrected chi connectivity index (χ4v) is 4.91. The first kappa shape index (κ1) is 27.1. The molecule has 1 unspecified atom stereocenters. The molecule has 3 nitrogen and oxygen atoms in total. The number of benzene rings is 2. The number of ketones is 1. The van der Waals surface area contributed by atoms with Gasteiger partial charge in [-0.25, -0.2) is 0 Å². The van der Waals surface area contributed by atoms with Crippen LogP contribution in [-0.2, 0) is 6.42 Å². The average molecular weight is 474 g/mol. The van der Waals surface area contributed by atoms with Crippen molar-refractivity contribution in [3.05, 3.63) is 82.4 Å². The highest BCUT2D eigenvalue weighted by Gasteiger charge is 2.27. The Balaban J connectivity index is 1.80. The molecule has 0 heterocycles. The minimum atomic E-state index is -0.547. The average Bonchev–Trinajstić information content (AvgIpc) is 3.25. The number of hydrogen-bond acceptors (Lipinski definition) is 3. The number of rotatable bonds is 15. The summed E-state index contributed by atoms with van der Waals surface area (Å²) >= 11 is 0. The normalized spacial score (nSPS) is 13.9. The molecular weight excluding hydrogens is 430 g/mol. The van der Waals surface area contributed by atoms with Crippen molar-refractivity contribution in [2.24, 2.45) is 0 Å².